The number of benzene rings is 2. The third-order valence-corrected chi connectivity index (χ3v) is 5.20. The maximum Gasteiger partial charge on any atom is 0.235 e. The molecular formula is C19H14N6S. The molecule has 0 N–H and O–H groups in total. The maximum absolute atomic E-state index is 4.74. The maximum atomic E-state index is 4.74. The van der Waals surface area contributed by atoms with Gasteiger partial charge < -0.3 is 0 Å². The van der Waals surface area contributed by atoms with Crippen LogP contribution in [0, 0.1) is 6.92 Å². The van der Waals surface area contributed by atoms with Crippen molar-refractivity contribution in [1.29, 1.82) is 0 Å². The molecule has 0 saturated heterocycles. The fraction of sp³-hybridized carbons (Fsp3) is 0.0526. The van der Waals surface area contributed by atoms with Gasteiger partial charge in [-0.15, -0.1) is 10.2 Å². The summed E-state index contributed by atoms with van der Waals surface area (Å²) in [5.41, 5.74) is 4.07. The average molecular weight is 358 g/mol. The van der Waals surface area contributed by atoms with Crippen LogP contribution in [0.3, 0.4) is 0 Å². The number of hydrogen-bond donors (Lipinski definition) is 0. The Labute approximate surface area is 153 Å². The molecule has 2 aromatic carbocycles. The minimum atomic E-state index is 0.746. The second kappa shape index (κ2) is 5.89. The smallest absolute Gasteiger partial charge is 0.235 e. The lowest BCUT2D eigenvalue weighted by molar-refractivity contribution is 0.847. The molecule has 0 aliphatic carbocycles. The molecule has 5 rings (SSSR count). The van der Waals surface area contributed by atoms with E-state index in [0.717, 1.165) is 38.3 Å². The fourth-order valence-electron chi connectivity index (χ4n) is 2.94. The largest absolute Gasteiger partial charge is 0.237 e. The molecule has 0 atom stereocenters. The van der Waals surface area contributed by atoms with Crippen molar-refractivity contribution in [3.63, 3.8) is 0 Å². The van der Waals surface area contributed by atoms with Gasteiger partial charge in [0.1, 0.15) is 0 Å². The van der Waals surface area contributed by atoms with Crippen LogP contribution in [0.2, 0.25) is 0 Å². The standard InChI is InChI=1S/C19H14N6S/c1-13-16(12-20-24(13)15-10-6-3-7-11-15)18-23-25-17(21-22-19(25)26-18)14-8-4-2-5-9-14/h2-12H,1H3. The molecule has 3 aromatic heterocycles. The molecule has 6 nitrogen and oxygen atoms in total. The van der Waals surface area contributed by atoms with Crippen molar-refractivity contribution in [2.75, 3.05) is 0 Å². The number of rotatable bonds is 3. The second-order valence-electron chi connectivity index (χ2n) is 5.88. The second-order valence-corrected chi connectivity index (χ2v) is 6.84. The molecule has 0 radical (unpaired) electrons. The normalized spacial score (nSPS) is 11.3. The highest BCUT2D eigenvalue weighted by Crippen LogP contribution is 2.30. The van der Waals surface area contributed by atoms with Crippen LogP contribution in [0.4, 0.5) is 0 Å². The zero-order valence-corrected chi connectivity index (χ0v) is 14.8. The SMILES string of the molecule is Cc1c(-c2nn3c(-c4ccccc4)nnc3s2)cnn1-c1ccccc1. The van der Waals surface area contributed by atoms with Gasteiger partial charge in [-0.1, -0.05) is 59.9 Å². The summed E-state index contributed by atoms with van der Waals surface area (Å²) in [6.45, 7) is 2.05. The predicted octanol–water partition coefficient (Wildman–Crippen LogP) is 4.01. The number of aromatic nitrogens is 6. The zero-order valence-electron chi connectivity index (χ0n) is 13.9. The topological polar surface area (TPSA) is 60.9 Å². The van der Waals surface area contributed by atoms with Gasteiger partial charge >= 0.3 is 0 Å². The van der Waals surface area contributed by atoms with E-state index in [1.54, 1.807) is 4.52 Å². The van der Waals surface area contributed by atoms with Gasteiger partial charge in [0, 0.05) is 5.56 Å². The lowest BCUT2D eigenvalue weighted by Gasteiger charge is -2.03. The molecule has 3 heterocycles. The van der Waals surface area contributed by atoms with E-state index in [4.69, 9.17) is 5.10 Å². The van der Waals surface area contributed by atoms with Crippen LogP contribution < -0.4 is 0 Å². The molecule has 5 aromatic rings. The van der Waals surface area contributed by atoms with E-state index in [2.05, 4.69) is 22.2 Å². The summed E-state index contributed by atoms with van der Waals surface area (Å²) in [5, 5.41) is 18.7. The molecule has 0 fully saturated rings. The van der Waals surface area contributed by atoms with Gasteiger partial charge in [0.05, 0.1) is 23.1 Å². The Balaban J connectivity index is 1.61. The Kier molecular flexibility index (Phi) is 3.39. The van der Waals surface area contributed by atoms with Crippen molar-refractivity contribution in [3.05, 3.63) is 72.6 Å². The predicted molar refractivity (Wildman–Crippen MR) is 101 cm³/mol. The monoisotopic (exact) mass is 358 g/mol. The summed E-state index contributed by atoms with van der Waals surface area (Å²) in [6, 6.07) is 20.0. The summed E-state index contributed by atoms with van der Waals surface area (Å²) in [6.07, 6.45) is 1.86. The van der Waals surface area contributed by atoms with Crippen LogP contribution in [-0.2, 0) is 0 Å². The Morgan fingerprint density at radius 3 is 2.38 bits per heavy atom. The van der Waals surface area contributed by atoms with E-state index in [0.29, 0.717) is 0 Å². The first-order valence-electron chi connectivity index (χ1n) is 8.19. The van der Waals surface area contributed by atoms with Gasteiger partial charge in [-0.2, -0.15) is 14.7 Å². The van der Waals surface area contributed by atoms with Gasteiger partial charge in [0.2, 0.25) is 4.96 Å². The lowest BCUT2D eigenvalue weighted by atomic mass is 10.2. The number of fused-ring (bicyclic) bond motifs is 1. The van der Waals surface area contributed by atoms with Crippen LogP contribution in [0.25, 0.3) is 32.6 Å². The molecule has 0 aliphatic rings. The highest BCUT2D eigenvalue weighted by molar-refractivity contribution is 7.19. The molecule has 0 bridgehead atoms. The Bertz CT molecular complexity index is 1190. The van der Waals surface area contributed by atoms with Gasteiger partial charge in [0.15, 0.2) is 10.8 Å². The van der Waals surface area contributed by atoms with Gasteiger partial charge in [0.25, 0.3) is 0 Å². The van der Waals surface area contributed by atoms with E-state index in [-0.39, 0.29) is 0 Å². The zero-order chi connectivity index (χ0) is 17.5. The summed E-state index contributed by atoms with van der Waals surface area (Å²) < 4.78 is 3.73. The third-order valence-electron chi connectivity index (χ3n) is 4.26. The van der Waals surface area contributed by atoms with Crippen molar-refractivity contribution >= 4 is 16.3 Å². The molecule has 0 aliphatic heterocycles. The first kappa shape index (κ1) is 15.0. The van der Waals surface area contributed by atoms with Crippen LogP contribution in [-0.4, -0.2) is 29.6 Å². The molecule has 0 amide bonds. The summed E-state index contributed by atoms with van der Waals surface area (Å²) in [4.78, 5) is 0.769. The molecule has 0 saturated carbocycles. The van der Waals surface area contributed by atoms with Crippen molar-refractivity contribution < 1.29 is 0 Å². The van der Waals surface area contributed by atoms with Crippen LogP contribution in [0.5, 0.6) is 0 Å². The van der Waals surface area contributed by atoms with Crippen molar-refractivity contribution in [1.82, 2.24) is 29.6 Å². The summed E-state index contributed by atoms with van der Waals surface area (Å²) in [5.74, 6) is 0.746. The number of hydrogen-bond acceptors (Lipinski definition) is 5. The molecule has 126 valence electrons. The molecule has 0 unspecified atom stereocenters. The van der Waals surface area contributed by atoms with E-state index in [1.165, 1.54) is 11.3 Å². The highest BCUT2D eigenvalue weighted by Gasteiger charge is 2.18. The first-order valence-corrected chi connectivity index (χ1v) is 9.01. The quantitative estimate of drug-likeness (QED) is 0.489. The first-order chi connectivity index (χ1) is 12.8. The molecular weight excluding hydrogens is 344 g/mol. The van der Waals surface area contributed by atoms with Crippen LogP contribution >= 0.6 is 11.3 Å². The fourth-order valence-corrected chi connectivity index (χ4v) is 3.84. The number of para-hydroxylation sites is 1. The third kappa shape index (κ3) is 2.33. The van der Waals surface area contributed by atoms with Crippen molar-refractivity contribution in [3.8, 4) is 27.6 Å². The summed E-state index contributed by atoms with van der Waals surface area (Å²) in [7, 11) is 0. The highest BCUT2D eigenvalue weighted by atomic mass is 32.1. The Morgan fingerprint density at radius 2 is 1.62 bits per heavy atom. The Morgan fingerprint density at radius 1 is 0.885 bits per heavy atom. The van der Waals surface area contributed by atoms with Crippen LogP contribution in [0.1, 0.15) is 5.69 Å². The molecule has 7 heteroatoms. The molecule has 26 heavy (non-hydrogen) atoms. The van der Waals surface area contributed by atoms with Crippen molar-refractivity contribution in [2.45, 2.75) is 6.92 Å². The number of nitrogens with zero attached hydrogens (tertiary/aromatic N) is 6. The van der Waals surface area contributed by atoms with Gasteiger partial charge in [-0.3, -0.25) is 0 Å². The van der Waals surface area contributed by atoms with E-state index in [1.807, 2.05) is 71.5 Å². The van der Waals surface area contributed by atoms with E-state index < -0.39 is 0 Å². The van der Waals surface area contributed by atoms with Crippen LogP contribution in [0.15, 0.2) is 66.9 Å². The minimum absolute atomic E-state index is 0.746. The average Bonchev–Trinajstić information content (AvgIpc) is 3.37. The Hall–Kier alpha value is -3.32. The minimum Gasteiger partial charge on any atom is -0.237 e. The van der Waals surface area contributed by atoms with E-state index in [9.17, 15) is 0 Å². The van der Waals surface area contributed by atoms with Gasteiger partial charge in [-0.05, 0) is 19.1 Å². The molecule has 0 spiro atoms. The lowest BCUT2D eigenvalue weighted by Crippen LogP contribution is -1.98. The van der Waals surface area contributed by atoms with E-state index >= 15 is 0 Å². The summed E-state index contributed by atoms with van der Waals surface area (Å²) >= 11 is 1.51. The van der Waals surface area contributed by atoms with Crippen molar-refractivity contribution in [2.24, 2.45) is 0 Å². The van der Waals surface area contributed by atoms with Gasteiger partial charge in [-0.25, -0.2) is 4.68 Å².